The predicted molar refractivity (Wildman–Crippen MR) is 109 cm³/mol. The Balaban J connectivity index is 1.57. The van der Waals surface area contributed by atoms with Gasteiger partial charge in [0.2, 0.25) is 5.91 Å². The van der Waals surface area contributed by atoms with Crippen LogP contribution in [-0.4, -0.2) is 27.2 Å². The third-order valence-electron chi connectivity index (χ3n) is 4.77. The van der Waals surface area contributed by atoms with E-state index in [0.717, 1.165) is 31.2 Å². The van der Waals surface area contributed by atoms with Gasteiger partial charge in [0, 0.05) is 11.3 Å². The zero-order valence-electron chi connectivity index (χ0n) is 15.7. The van der Waals surface area contributed by atoms with E-state index in [1.165, 1.54) is 35.5 Å². The second kappa shape index (κ2) is 8.76. The van der Waals surface area contributed by atoms with Gasteiger partial charge in [0.1, 0.15) is 16.8 Å². The highest BCUT2D eigenvalue weighted by Crippen LogP contribution is 2.37. The second-order valence-electron chi connectivity index (χ2n) is 6.67. The number of carbonyl (C=O) groups excluding carboxylic acids is 1. The summed E-state index contributed by atoms with van der Waals surface area (Å²) >= 11 is 1.47. The summed E-state index contributed by atoms with van der Waals surface area (Å²) in [5.41, 5.74) is 1.63. The van der Waals surface area contributed by atoms with E-state index in [9.17, 15) is 18.5 Å². The van der Waals surface area contributed by atoms with Crippen molar-refractivity contribution >= 4 is 32.1 Å². The maximum atomic E-state index is 12.4. The van der Waals surface area contributed by atoms with Crippen LogP contribution in [0.1, 0.15) is 41.7 Å². The van der Waals surface area contributed by atoms with Crippen molar-refractivity contribution < 1.29 is 17.9 Å². The Morgan fingerprint density at radius 2 is 1.96 bits per heavy atom. The van der Waals surface area contributed by atoms with E-state index in [4.69, 9.17) is 4.74 Å². The minimum Gasteiger partial charge on any atom is -0.497 e. The van der Waals surface area contributed by atoms with Crippen LogP contribution in [0.25, 0.3) is 0 Å². The quantitative estimate of drug-likeness (QED) is 0.739. The molecule has 1 aliphatic rings. The third kappa shape index (κ3) is 4.54. The Morgan fingerprint density at radius 3 is 2.64 bits per heavy atom. The van der Waals surface area contributed by atoms with Crippen LogP contribution >= 0.6 is 11.3 Å². The fourth-order valence-electron chi connectivity index (χ4n) is 3.29. The van der Waals surface area contributed by atoms with Crippen LogP contribution in [0.4, 0.5) is 5.00 Å². The molecule has 1 N–H and O–H groups in total. The number of nitriles is 1. The molecule has 0 aliphatic heterocycles. The lowest BCUT2D eigenvalue weighted by Gasteiger charge is -2.09. The average Bonchev–Trinajstić information content (AvgIpc) is 3.04. The molecular weight excluding hydrogens is 396 g/mol. The Kier molecular flexibility index (Phi) is 6.37. The van der Waals surface area contributed by atoms with Gasteiger partial charge in [-0.25, -0.2) is 8.42 Å². The second-order valence-corrected chi connectivity index (χ2v) is 9.89. The molecule has 0 atom stereocenters. The molecule has 1 aromatic carbocycles. The monoisotopic (exact) mass is 418 g/mol. The predicted octanol–water partition coefficient (Wildman–Crippen LogP) is 3.70. The lowest BCUT2D eigenvalue weighted by Crippen LogP contribution is -2.14. The molecule has 8 heteroatoms. The van der Waals surface area contributed by atoms with Crippen LogP contribution in [0, 0.1) is 11.3 Å². The van der Waals surface area contributed by atoms with Gasteiger partial charge in [-0.3, -0.25) is 4.79 Å². The first kappa shape index (κ1) is 20.4. The SMILES string of the molecule is COc1ccc(S(=O)(=O)CCCC(=O)Nc2sc3c(c2C#N)CCCC3)cc1. The number of aryl methyl sites for hydroxylation is 1. The first-order valence-electron chi connectivity index (χ1n) is 9.16. The van der Waals surface area contributed by atoms with Crippen LogP contribution in [-0.2, 0) is 27.5 Å². The maximum absolute atomic E-state index is 12.4. The van der Waals surface area contributed by atoms with Gasteiger partial charge in [-0.15, -0.1) is 11.3 Å². The van der Waals surface area contributed by atoms with E-state index in [1.54, 1.807) is 12.1 Å². The Bertz CT molecular complexity index is 1000. The first-order valence-corrected chi connectivity index (χ1v) is 11.6. The van der Waals surface area contributed by atoms with Gasteiger partial charge in [-0.1, -0.05) is 0 Å². The Labute approximate surface area is 169 Å². The normalized spacial score (nSPS) is 13.4. The van der Waals surface area contributed by atoms with Gasteiger partial charge in [0.15, 0.2) is 9.84 Å². The molecular formula is C20H22N2O4S2. The van der Waals surface area contributed by atoms with Crippen LogP contribution in [0.15, 0.2) is 29.2 Å². The third-order valence-corrected chi connectivity index (χ3v) is 7.80. The number of anilines is 1. The lowest BCUT2D eigenvalue weighted by atomic mass is 9.96. The van der Waals surface area contributed by atoms with Crippen molar-refractivity contribution in [1.82, 2.24) is 0 Å². The summed E-state index contributed by atoms with van der Waals surface area (Å²) in [5.74, 6) is 0.212. The molecule has 0 saturated carbocycles. The molecule has 0 bridgehead atoms. The van der Waals surface area contributed by atoms with E-state index in [1.807, 2.05) is 0 Å². The molecule has 0 spiro atoms. The summed E-state index contributed by atoms with van der Waals surface area (Å²) in [4.78, 5) is 13.7. The molecule has 2 aromatic rings. The summed E-state index contributed by atoms with van der Waals surface area (Å²) < 4.78 is 29.8. The number of rotatable bonds is 7. The topological polar surface area (TPSA) is 96.3 Å². The van der Waals surface area contributed by atoms with Gasteiger partial charge in [-0.2, -0.15) is 5.26 Å². The van der Waals surface area contributed by atoms with E-state index in [2.05, 4.69) is 11.4 Å². The minimum absolute atomic E-state index is 0.0861. The number of amides is 1. The van der Waals surface area contributed by atoms with Gasteiger partial charge < -0.3 is 10.1 Å². The lowest BCUT2D eigenvalue weighted by molar-refractivity contribution is -0.116. The molecule has 0 unspecified atom stereocenters. The fraction of sp³-hybridized carbons (Fsp3) is 0.400. The number of fused-ring (bicyclic) bond motifs is 1. The highest BCUT2D eigenvalue weighted by molar-refractivity contribution is 7.91. The van der Waals surface area contributed by atoms with Crippen molar-refractivity contribution in [2.24, 2.45) is 0 Å². The Hall–Kier alpha value is -2.37. The smallest absolute Gasteiger partial charge is 0.225 e. The number of methoxy groups -OCH3 is 1. The summed E-state index contributed by atoms with van der Waals surface area (Å²) in [6.45, 7) is 0. The number of hydrogen-bond donors (Lipinski definition) is 1. The van der Waals surface area contributed by atoms with E-state index in [-0.39, 0.29) is 29.4 Å². The molecule has 0 fully saturated rings. The number of sulfone groups is 1. The molecule has 3 rings (SSSR count). The number of carbonyl (C=O) groups is 1. The number of benzene rings is 1. The summed E-state index contributed by atoms with van der Waals surface area (Å²) in [7, 11) is -1.94. The molecule has 1 aliphatic carbocycles. The van der Waals surface area contributed by atoms with Gasteiger partial charge in [0.25, 0.3) is 0 Å². The van der Waals surface area contributed by atoms with Crippen LogP contribution in [0.3, 0.4) is 0 Å². The van der Waals surface area contributed by atoms with Crippen LogP contribution < -0.4 is 10.1 Å². The molecule has 1 heterocycles. The van der Waals surface area contributed by atoms with E-state index >= 15 is 0 Å². The number of ether oxygens (including phenoxy) is 1. The molecule has 0 saturated heterocycles. The molecule has 6 nitrogen and oxygen atoms in total. The van der Waals surface area contributed by atoms with E-state index in [0.29, 0.717) is 16.3 Å². The molecule has 148 valence electrons. The highest BCUT2D eigenvalue weighted by atomic mass is 32.2. The summed E-state index contributed by atoms with van der Waals surface area (Å²) in [5, 5.41) is 12.8. The molecule has 0 radical (unpaired) electrons. The number of nitrogens with one attached hydrogen (secondary N) is 1. The minimum atomic E-state index is -3.45. The number of nitrogens with zero attached hydrogens (tertiary/aromatic N) is 1. The molecule has 28 heavy (non-hydrogen) atoms. The zero-order chi connectivity index (χ0) is 20.1. The molecule has 1 amide bonds. The van der Waals surface area contributed by atoms with Crippen molar-refractivity contribution in [1.29, 1.82) is 5.26 Å². The molecule has 1 aromatic heterocycles. The van der Waals surface area contributed by atoms with Crippen molar-refractivity contribution in [2.75, 3.05) is 18.2 Å². The largest absolute Gasteiger partial charge is 0.497 e. The maximum Gasteiger partial charge on any atom is 0.225 e. The fourth-order valence-corrected chi connectivity index (χ4v) is 5.85. The average molecular weight is 419 g/mol. The van der Waals surface area contributed by atoms with Gasteiger partial charge >= 0.3 is 0 Å². The summed E-state index contributed by atoms with van der Waals surface area (Å²) in [6.07, 6.45) is 4.30. The van der Waals surface area contributed by atoms with Crippen molar-refractivity contribution in [3.8, 4) is 11.8 Å². The van der Waals surface area contributed by atoms with E-state index < -0.39 is 9.84 Å². The van der Waals surface area contributed by atoms with Crippen LogP contribution in [0.2, 0.25) is 0 Å². The van der Waals surface area contributed by atoms with Crippen molar-refractivity contribution in [3.05, 3.63) is 40.3 Å². The van der Waals surface area contributed by atoms with Crippen LogP contribution in [0.5, 0.6) is 5.75 Å². The van der Waals surface area contributed by atoms with Gasteiger partial charge in [-0.05, 0) is 61.9 Å². The standard InChI is InChI=1S/C20H22N2O4S2/c1-26-14-8-10-15(11-9-14)28(24,25)12-4-7-19(23)22-20-17(13-21)16-5-2-3-6-18(16)27-20/h8-11H,2-7,12H2,1H3,(H,22,23). The Morgan fingerprint density at radius 1 is 1.25 bits per heavy atom. The zero-order valence-corrected chi connectivity index (χ0v) is 17.3. The summed E-state index contributed by atoms with van der Waals surface area (Å²) in [6, 6.07) is 8.41. The highest BCUT2D eigenvalue weighted by Gasteiger charge is 2.22. The first-order chi connectivity index (χ1) is 13.4. The van der Waals surface area contributed by atoms with Crippen molar-refractivity contribution in [2.45, 2.75) is 43.4 Å². The van der Waals surface area contributed by atoms with Gasteiger partial charge in [0.05, 0.1) is 23.3 Å². The number of thiophene rings is 1. The van der Waals surface area contributed by atoms with Crippen molar-refractivity contribution in [3.63, 3.8) is 0 Å². The number of hydrogen-bond acceptors (Lipinski definition) is 6.